The van der Waals surface area contributed by atoms with Crippen LogP contribution in [0.2, 0.25) is 0 Å². The Labute approximate surface area is 114 Å². The highest BCUT2D eigenvalue weighted by molar-refractivity contribution is 7.15. The third-order valence-corrected chi connectivity index (χ3v) is 4.45. The lowest BCUT2D eigenvalue weighted by Crippen LogP contribution is -2.33. The van der Waals surface area contributed by atoms with Crippen LogP contribution in [0.4, 0.5) is 5.13 Å². The fourth-order valence-electron chi connectivity index (χ4n) is 1.69. The highest BCUT2D eigenvalue weighted by Gasteiger charge is 2.19. The molecule has 5 heteroatoms. The zero-order valence-electron chi connectivity index (χ0n) is 12.3. The molecule has 1 N–H and O–H groups in total. The van der Waals surface area contributed by atoms with Gasteiger partial charge < -0.3 is 15.0 Å². The predicted octanol–water partition coefficient (Wildman–Crippen LogP) is 2.49. The summed E-state index contributed by atoms with van der Waals surface area (Å²) in [7, 11) is 5.78. The quantitative estimate of drug-likeness (QED) is 0.827. The third kappa shape index (κ3) is 3.67. The molecule has 0 aliphatic heterocycles. The molecule has 18 heavy (non-hydrogen) atoms. The van der Waals surface area contributed by atoms with Crippen LogP contribution in [0.25, 0.3) is 0 Å². The monoisotopic (exact) mass is 271 g/mol. The lowest BCUT2D eigenvalue weighted by Gasteiger charge is -2.27. The molecule has 0 saturated carbocycles. The molecule has 0 aliphatic carbocycles. The van der Waals surface area contributed by atoms with E-state index in [1.807, 2.05) is 7.05 Å². The van der Waals surface area contributed by atoms with Crippen molar-refractivity contribution in [1.82, 2.24) is 10.3 Å². The number of nitrogens with one attached hydrogen (secondary N) is 1. The van der Waals surface area contributed by atoms with E-state index in [4.69, 9.17) is 9.72 Å². The molecule has 1 heterocycles. The zero-order valence-corrected chi connectivity index (χ0v) is 13.1. The van der Waals surface area contributed by atoms with Gasteiger partial charge in [-0.1, -0.05) is 13.8 Å². The highest BCUT2D eigenvalue weighted by Crippen LogP contribution is 2.28. The first kappa shape index (κ1) is 15.4. The maximum atomic E-state index is 5.21. The van der Waals surface area contributed by atoms with Gasteiger partial charge in [-0.2, -0.15) is 0 Å². The number of hydrogen-bond donors (Lipinski definition) is 1. The standard InChI is InChI=1S/C13H25N3OS/c1-9(2)10(3)16(5)13-15-11(8-17-6)12(18-13)7-14-4/h9-10,14H,7-8H2,1-6H3. The van der Waals surface area contributed by atoms with Crippen molar-refractivity contribution < 1.29 is 4.74 Å². The van der Waals surface area contributed by atoms with Crippen molar-refractivity contribution >= 4 is 16.5 Å². The Kier molecular flexibility index (Phi) is 6.05. The van der Waals surface area contributed by atoms with Gasteiger partial charge in [-0.15, -0.1) is 11.3 Å². The van der Waals surface area contributed by atoms with E-state index in [0.717, 1.165) is 17.4 Å². The van der Waals surface area contributed by atoms with Gasteiger partial charge in [0, 0.05) is 31.6 Å². The second kappa shape index (κ2) is 7.07. The third-order valence-electron chi connectivity index (χ3n) is 3.26. The first-order valence-electron chi connectivity index (χ1n) is 6.36. The molecule has 0 fully saturated rings. The topological polar surface area (TPSA) is 37.4 Å². The van der Waals surface area contributed by atoms with E-state index in [1.165, 1.54) is 4.88 Å². The van der Waals surface area contributed by atoms with Crippen LogP contribution in [0, 0.1) is 5.92 Å². The van der Waals surface area contributed by atoms with Crippen LogP contribution in [0.3, 0.4) is 0 Å². The molecular weight excluding hydrogens is 246 g/mol. The summed E-state index contributed by atoms with van der Waals surface area (Å²) in [5.74, 6) is 0.609. The molecular formula is C13H25N3OS. The second-order valence-corrected chi connectivity index (χ2v) is 5.99. The minimum absolute atomic E-state index is 0.481. The SMILES string of the molecule is CNCc1sc(N(C)C(C)C(C)C)nc1COC. The Hall–Kier alpha value is -0.650. The summed E-state index contributed by atoms with van der Waals surface area (Å²) in [5, 5.41) is 4.26. The number of hydrogen-bond acceptors (Lipinski definition) is 5. The van der Waals surface area contributed by atoms with E-state index in [1.54, 1.807) is 18.4 Å². The lowest BCUT2D eigenvalue weighted by molar-refractivity contribution is 0.181. The van der Waals surface area contributed by atoms with Crippen molar-refractivity contribution in [2.45, 2.75) is 40.0 Å². The molecule has 0 bridgehead atoms. The van der Waals surface area contributed by atoms with Crippen LogP contribution in [-0.2, 0) is 17.9 Å². The van der Waals surface area contributed by atoms with Crippen molar-refractivity contribution in [3.8, 4) is 0 Å². The number of nitrogens with zero attached hydrogens (tertiary/aromatic N) is 2. The molecule has 1 unspecified atom stereocenters. The molecule has 1 rings (SSSR count). The van der Waals surface area contributed by atoms with Crippen LogP contribution in [0.15, 0.2) is 0 Å². The van der Waals surface area contributed by atoms with Crippen molar-refractivity contribution in [3.05, 3.63) is 10.6 Å². The van der Waals surface area contributed by atoms with Crippen molar-refractivity contribution in [2.75, 3.05) is 26.1 Å². The largest absolute Gasteiger partial charge is 0.378 e. The first-order chi connectivity index (χ1) is 8.51. The van der Waals surface area contributed by atoms with Crippen molar-refractivity contribution in [1.29, 1.82) is 0 Å². The van der Waals surface area contributed by atoms with Gasteiger partial charge in [0.05, 0.1) is 12.3 Å². The fraction of sp³-hybridized carbons (Fsp3) is 0.769. The number of ether oxygens (including phenoxy) is 1. The van der Waals surface area contributed by atoms with E-state index in [0.29, 0.717) is 18.6 Å². The average molecular weight is 271 g/mol. The first-order valence-corrected chi connectivity index (χ1v) is 7.17. The van der Waals surface area contributed by atoms with Crippen LogP contribution >= 0.6 is 11.3 Å². The number of anilines is 1. The number of aromatic nitrogens is 1. The Morgan fingerprint density at radius 2 is 2.06 bits per heavy atom. The summed E-state index contributed by atoms with van der Waals surface area (Å²) >= 11 is 1.75. The van der Waals surface area contributed by atoms with Gasteiger partial charge in [-0.25, -0.2) is 4.98 Å². The van der Waals surface area contributed by atoms with E-state index in [2.05, 4.69) is 38.0 Å². The molecule has 0 radical (unpaired) electrons. The molecule has 0 saturated heterocycles. The van der Waals surface area contributed by atoms with E-state index < -0.39 is 0 Å². The van der Waals surface area contributed by atoms with Crippen LogP contribution in [0.1, 0.15) is 31.3 Å². The van der Waals surface area contributed by atoms with E-state index in [-0.39, 0.29) is 0 Å². The van der Waals surface area contributed by atoms with Gasteiger partial charge in [-0.05, 0) is 19.9 Å². The molecule has 0 aliphatic rings. The molecule has 1 atom stereocenters. The lowest BCUT2D eigenvalue weighted by atomic mass is 10.1. The molecule has 104 valence electrons. The Bertz CT molecular complexity index is 342. The van der Waals surface area contributed by atoms with E-state index >= 15 is 0 Å². The Balaban J connectivity index is 2.92. The zero-order chi connectivity index (χ0) is 13.7. The normalized spacial score (nSPS) is 13.1. The minimum atomic E-state index is 0.481. The van der Waals surface area contributed by atoms with Gasteiger partial charge in [0.1, 0.15) is 0 Å². The maximum Gasteiger partial charge on any atom is 0.185 e. The molecule has 0 amide bonds. The Morgan fingerprint density at radius 3 is 2.56 bits per heavy atom. The van der Waals surface area contributed by atoms with Gasteiger partial charge >= 0.3 is 0 Å². The Morgan fingerprint density at radius 1 is 1.39 bits per heavy atom. The van der Waals surface area contributed by atoms with Gasteiger partial charge in [-0.3, -0.25) is 0 Å². The van der Waals surface area contributed by atoms with Crippen LogP contribution in [0.5, 0.6) is 0 Å². The summed E-state index contributed by atoms with van der Waals surface area (Å²) in [5.41, 5.74) is 1.05. The minimum Gasteiger partial charge on any atom is -0.378 e. The number of rotatable bonds is 7. The van der Waals surface area contributed by atoms with Gasteiger partial charge in [0.2, 0.25) is 0 Å². The second-order valence-electron chi connectivity index (χ2n) is 4.93. The molecule has 4 nitrogen and oxygen atoms in total. The summed E-state index contributed by atoms with van der Waals surface area (Å²) in [6.45, 7) is 8.14. The highest BCUT2D eigenvalue weighted by atomic mass is 32.1. The molecule has 1 aromatic rings. The van der Waals surface area contributed by atoms with Crippen molar-refractivity contribution in [2.24, 2.45) is 5.92 Å². The maximum absolute atomic E-state index is 5.21. The van der Waals surface area contributed by atoms with Crippen LogP contribution in [-0.4, -0.2) is 32.2 Å². The van der Waals surface area contributed by atoms with E-state index in [9.17, 15) is 0 Å². The van der Waals surface area contributed by atoms with Crippen LogP contribution < -0.4 is 10.2 Å². The number of thiazole rings is 1. The molecule has 0 spiro atoms. The van der Waals surface area contributed by atoms with Gasteiger partial charge in [0.25, 0.3) is 0 Å². The fourth-order valence-corrected chi connectivity index (χ4v) is 2.82. The summed E-state index contributed by atoms with van der Waals surface area (Å²) in [4.78, 5) is 8.22. The van der Waals surface area contributed by atoms with Crippen molar-refractivity contribution in [3.63, 3.8) is 0 Å². The number of methoxy groups -OCH3 is 1. The smallest absolute Gasteiger partial charge is 0.185 e. The van der Waals surface area contributed by atoms with Gasteiger partial charge in [0.15, 0.2) is 5.13 Å². The average Bonchev–Trinajstić information content (AvgIpc) is 2.71. The summed E-state index contributed by atoms with van der Waals surface area (Å²) in [6, 6.07) is 0.481. The summed E-state index contributed by atoms with van der Waals surface area (Å²) < 4.78 is 5.21. The summed E-state index contributed by atoms with van der Waals surface area (Å²) in [6.07, 6.45) is 0. The predicted molar refractivity (Wildman–Crippen MR) is 78.3 cm³/mol. The molecule has 1 aromatic heterocycles. The molecule has 0 aromatic carbocycles.